The Morgan fingerprint density at radius 2 is 2.11 bits per heavy atom. The standard InChI is InChI=1S/C16H26N2/c1-4-5-12-18(3)15-11-10-13-8-6-7-9-14(13)16(15)17-2/h6-9,15-17H,4-5,10-12H2,1-3H3. The summed E-state index contributed by atoms with van der Waals surface area (Å²) in [6, 6.07) is 10.0. The predicted molar refractivity (Wildman–Crippen MR) is 77.9 cm³/mol. The summed E-state index contributed by atoms with van der Waals surface area (Å²) in [6.45, 7) is 3.47. The van der Waals surface area contributed by atoms with Gasteiger partial charge in [0.1, 0.15) is 0 Å². The van der Waals surface area contributed by atoms with E-state index in [0.717, 1.165) is 0 Å². The minimum atomic E-state index is 0.483. The molecule has 0 amide bonds. The number of fused-ring (bicyclic) bond motifs is 1. The van der Waals surface area contributed by atoms with Gasteiger partial charge in [-0.2, -0.15) is 0 Å². The lowest BCUT2D eigenvalue weighted by Crippen LogP contribution is -2.45. The Morgan fingerprint density at radius 3 is 2.83 bits per heavy atom. The van der Waals surface area contributed by atoms with Gasteiger partial charge in [0.15, 0.2) is 0 Å². The van der Waals surface area contributed by atoms with E-state index in [0.29, 0.717) is 12.1 Å². The van der Waals surface area contributed by atoms with Gasteiger partial charge >= 0.3 is 0 Å². The highest BCUT2D eigenvalue weighted by Gasteiger charge is 2.30. The third-order valence-corrected chi connectivity index (χ3v) is 4.23. The summed E-state index contributed by atoms with van der Waals surface area (Å²) in [5, 5.41) is 3.53. The fourth-order valence-electron chi connectivity index (χ4n) is 3.14. The lowest BCUT2D eigenvalue weighted by atomic mass is 9.83. The topological polar surface area (TPSA) is 15.3 Å². The monoisotopic (exact) mass is 246 g/mol. The zero-order chi connectivity index (χ0) is 13.0. The largest absolute Gasteiger partial charge is 0.312 e. The van der Waals surface area contributed by atoms with Crippen molar-refractivity contribution in [3.8, 4) is 0 Å². The molecule has 0 radical (unpaired) electrons. The third-order valence-electron chi connectivity index (χ3n) is 4.23. The molecule has 1 N–H and O–H groups in total. The molecule has 1 aromatic carbocycles. The summed E-state index contributed by atoms with van der Waals surface area (Å²) in [5.74, 6) is 0. The van der Waals surface area contributed by atoms with Crippen LogP contribution in [0.3, 0.4) is 0 Å². The number of rotatable bonds is 5. The maximum Gasteiger partial charge on any atom is 0.0478 e. The summed E-state index contributed by atoms with van der Waals surface area (Å²) >= 11 is 0. The maximum absolute atomic E-state index is 3.53. The molecule has 0 bridgehead atoms. The van der Waals surface area contributed by atoms with Crippen LogP contribution in [0, 0.1) is 0 Å². The van der Waals surface area contributed by atoms with Crippen molar-refractivity contribution in [1.82, 2.24) is 10.2 Å². The van der Waals surface area contributed by atoms with Gasteiger partial charge in [-0.05, 0) is 51.0 Å². The van der Waals surface area contributed by atoms with Crippen LogP contribution in [0.4, 0.5) is 0 Å². The molecule has 0 aliphatic heterocycles. The molecule has 1 aromatic rings. The summed E-state index contributed by atoms with van der Waals surface area (Å²) in [5.41, 5.74) is 3.02. The van der Waals surface area contributed by atoms with Gasteiger partial charge in [0, 0.05) is 12.1 Å². The second-order valence-electron chi connectivity index (χ2n) is 5.41. The van der Waals surface area contributed by atoms with Gasteiger partial charge in [0.2, 0.25) is 0 Å². The Hall–Kier alpha value is -0.860. The Bertz CT molecular complexity index is 375. The SMILES string of the molecule is CCCCN(C)C1CCc2ccccc2C1NC. The molecule has 2 nitrogen and oxygen atoms in total. The van der Waals surface area contributed by atoms with Crippen LogP contribution in [-0.2, 0) is 6.42 Å². The minimum Gasteiger partial charge on any atom is -0.312 e. The summed E-state index contributed by atoms with van der Waals surface area (Å²) in [4.78, 5) is 2.54. The van der Waals surface area contributed by atoms with E-state index in [2.05, 4.69) is 55.5 Å². The Labute approximate surface area is 111 Å². The van der Waals surface area contributed by atoms with Crippen molar-refractivity contribution in [3.05, 3.63) is 35.4 Å². The number of nitrogens with zero attached hydrogens (tertiary/aromatic N) is 1. The number of hydrogen-bond donors (Lipinski definition) is 1. The lowest BCUT2D eigenvalue weighted by molar-refractivity contribution is 0.175. The number of unbranched alkanes of at least 4 members (excludes halogenated alkanes) is 1. The molecule has 100 valence electrons. The Morgan fingerprint density at radius 1 is 1.33 bits per heavy atom. The highest BCUT2D eigenvalue weighted by molar-refractivity contribution is 5.33. The first-order valence-corrected chi connectivity index (χ1v) is 7.23. The van der Waals surface area contributed by atoms with Gasteiger partial charge in [-0.25, -0.2) is 0 Å². The molecule has 2 unspecified atom stereocenters. The van der Waals surface area contributed by atoms with Crippen molar-refractivity contribution in [2.24, 2.45) is 0 Å². The number of benzene rings is 1. The van der Waals surface area contributed by atoms with E-state index < -0.39 is 0 Å². The zero-order valence-corrected chi connectivity index (χ0v) is 11.9. The van der Waals surface area contributed by atoms with E-state index in [4.69, 9.17) is 0 Å². The first kappa shape index (κ1) is 13.6. The van der Waals surface area contributed by atoms with Crippen molar-refractivity contribution in [2.45, 2.75) is 44.7 Å². The molecule has 0 saturated carbocycles. The fraction of sp³-hybridized carbons (Fsp3) is 0.625. The summed E-state index contributed by atoms with van der Waals surface area (Å²) < 4.78 is 0. The molecule has 0 fully saturated rings. The van der Waals surface area contributed by atoms with Crippen LogP contribution < -0.4 is 5.32 Å². The lowest BCUT2D eigenvalue weighted by Gasteiger charge is -2.39. The van der Waals surface area contributed by atoms with Crippen LogP contribution in [0.25, 0.3) is 0 Å². The van der Waals surface area contributed by atoms with Crippen LogP contribution in [0.1, 0.15) is 43.4 Å². The first-order valence-electron chi connectivity index (χ1n) is 7.23. The number of nitrogens with one attached hydrogen (secondary N) is 1. The molecule has 1 aliphatic rings. The first-order chi connectivity index (χ1) is 8.77. The molecule has 0 spiro atoms. The third kappa shape index (κ3) is 2.76. The van der Waals surface area contributed by atoms with E-state index in [1.807, 2.05) is 0 Å². The van der Waals surface area contributed by atoms with E-state index in [1.165, 1.54) is 43.4 Å². The van der Waals surface area contributed by atoms with Gasteiger partial charge in [0.25, 0.3) is 0 Å². The highest BCUT2D eigenvalue weighted by Crippen LogP contribution is 2.32. The fourth-order valence-corrected chi connectivity index (χ4v) is 3.14. The van der Waals surface area contributed by atoms with Crippen LogP contribution in [0.2, 0.25) is 0 Å². The number of likely N-dealkylation sites (N-methyl/N-ethyl adjacent to an activating group) is 2. The Balaban J connectivity index is 2.14. The van der Waals surface area contributed by atoms with Gasteiger partial charge in [-0.3, -0.25) is 0 Å². The van der Waals surface area contributed by atoms with Crippen LogP contribution in [-0.4, -0.2) is 31.6 Å². The van der Waals surface area contributed by atoms with Gasteiger partial charge < -0.3 is 10.2 Å². The molecular formula is C16H26N2. The predicted octanol–water partition coefficient (Wildman–Crippen LogP) is 2.99. The molecule has 2 heteroatoms. The molecule has 0 saturated heterocycles. The average Bonchev–Trinajstić information content (AvgIpc) is 2.43. The van der Waals surface area contributed by atoms with E-state index in [-0.39, 0.29) is 0 Å². The molecule has 0 aromatic heterocycles. The van der Waals surface area contributed by atoms with Crippen molar-refractivity contribution < 1.29 is 0 Å². The zero-order valence-electron chi connectivity index (χ0n) is 11.9. The quantitative estimate of drug-likeness (QED) is 0.859. The summed E-state index contributed by atoms with van der Waals surface area (Å²) in [6.07, 6.45) is 5.06. The molecule has 2 rings (SSSR count). The maximum atomic E-state index is 3.53. The van der Waals surface area contributed by atoms with E-state index >= 15 is 0 Å². The number of aryl methyl sites for hydroxylation is 1. The Kier molecular flexibility index (Phi) is 4.79. The van der Waals surface area contributed by atoms with Crippen molar-refractivity contribution >= 4 is 0 Å². The van der Waals surface area contributed by atoms with E-state index in [1.54, 1.807) is 0 Å². The van der Waals surface area contributed by atoms with Crippen molar-refractivity contribution in [1.29, 1.82) is 0 Å². The number of hydrogen-bond acceptors (Lipinski definition) is 2. The van der Waals surface area contributed by atoms with Crippen molar-refractivity contribution in [3.63, 3.8) is 0 Å². The highest BCUT2D eigenvalue weighted by atomic mass is 15.2. The average molecular weight is 246 g/mol. The van der Waals surface area contributed by atoms with E-state index in [9.17, 15) is 0 Å². The molecule has 1 aliphatic carbocycles. The van der Waals surface area contributed by atoms with Crippen LogP contribution in [0.5, 0.6) is 0 Å². The molecule has 0 heterocycles. The second kappa shape index (κ2) is 6.35. The molecular weight excluding hydrogens is 220 g/mol. The summed E-state index contributed by atoms with van der Waals surface area (Å²) in [7, 11) is 4.37. The smallest absolute Gasteiger partial charge is 0.0478 e. The van der Waals surface area contributed by atoms with Gasteiger partial charge in [-0.1, -0.05) is 37.6 Å². The normalized spacial score (nSPS) is 23.1. The van der Waals surface area contributed by atoms with Crippen LogP contribution >= 0.6 is 0 Å². The molecule has 2 atom stereocenters. The minimum absolute atomic E-state index is 0.483. The molecule has 18 heavy (non-hydrogen) atoms. The van der Waals surface area contributed by atoms with Gasteiger partial charge in [0.05, 0.1) is 0 Å². The van der Waals surface area contributed by atoms with Gasteiger partial charge in [-0.15, -0.1) is 0 Å². The second-order valence-corrected chi connectivity index (χ2v) is 5.41. The van der Waals surface area contributed by atoms with Crippen molar-refractivity contribution in [2.75, 3.05) is 20.6 Å². The van der Waals surface area contributed by atoms with Crippen LogP contribution in [0.15, 0.2) is 24.3 Å².